The van der Waals surface area contributed by atoms with Crippen molar-refractivity contribution in [2.45, 2.75) is 91.5 Å². The van der Waals surface area contributed by atoms with Crippen LogP contribution in [0.4, 0.5) is 0 Å². The molecule has 2 heterocycles. The van der Waals surface area contributed by atoms with Crippen LogP contribution >= 0.6 is 0 Å². The number of ether oxygens (including phenoxy) is 1. The lowest BCUT2D eigenvalue weighted by Gasteiger charge is -2.28. The number of aliphatic hydroxyl groups is 1. The van der Waals surface area contributed by atoms with Gasteiger partial charge in [0.05, 0.1) is 24.4 Å². The average Bonchev–Trinajstić information content (AvgIpc) is 3.38. The Kier molecular flexibility index (Phi) is 10.8. The second-order valence-electron chi connectivity index (χ2n) is 9.39. The van der Waals surface area contributed by atoms with Crippen LogP contribution in [0, 0.1) is 11.3 Å². The Bertz CT molecular complexity index is 694. The predicted molar refractivity (Wildman–Crippen MR) is 119 cm³/mol. The molecule has 5 atom stereocenters. The highest BCUT2D eigenvalue weighted by atomic mass is 16.5. The summed E-state index contributed by atoms with van der Waals surface area (Å²) >= 11 is 0. The second kappa shape index (κ2) is 12.3. The number of hydrogen-bond donors (Lipinski definition) is 3. The zero-order chi connectivity index (χ0) is 23.8. The van der Waals surface area contributed by atoms with Crippen LogP contribution in [-0.2, 0) is 14.3 Å². The molecule has 1 saturated heterocycles. The first-order valence-electron chi connectivity index (χ1n) is 11.1. The fourth-order valence-corrected chi connectivity index (χ4v) is 3.77. The van der Waals surface area contributed by atoms with Crippen molar-refractivity contribution in [3.05, 3.63) is 11.9 Å². The van der Waals surface area contributed by atoms with Crippen LogP contribution in [-0.4, -0.2) is 57.7 Å². The van der Waals surface area contributed by atoms with Gasteiger partial charge in [0.15, 0.2) is 5.78 Å². The van der Waals surface area contributed by atoms with E-state index in [0.717, 1.165) is 19.4 Å². The SMILES string of the molecule is CC(=O)C(n1cc(C(N)C2CCCO2)nn1)C(C)(C)C.CCC(O)CC(C)C(=O)NC. The van der Waals surface area contributed by atoms with Crippen LogP contribution in [0.2, 0.25) is 0 Å². The smallest absolute Gasteiger partial charge is 0.222 e. The highest BCUT2D eigenvalue weighted by molar-refractivity contribution is 5.80. The van der Waals surface area contributed by atoms with Gasteiger partial charge in [0.25, 0.3) is 0 Å². The lowest BCUT2D eigenvalue weighted by Crippen LogP contribution is -2.30. The van der Waals surface area contributed by atoms with Gasteiger partial charge in [-0.3, -0.25) is 9.59 Å². The van der Waals surface area contributed by atoms with Crippen LogP contribution in [0.25, 0.3) is 0 Å². The summed E-state index contributed by atoms with van der Waals surface area (Å²) in [4.78, 5) is 22.8. The highest BCUT2D eigenvalue weighted by Crippen LogP contribution is 2.31. The van der Waals surface area contributed by atoms with E-state index in [1.165, 1.54) is 0 Å². The van der Waals surface area contributed by atoms with Gasteiger partial charge in [0.2, 0.25) is 5.91 Å². The number of aliphatic hydroxyl groups excluding tert-OH is 1. The Morgan fingerprint density at radius 1 is 1.42 bits per heavy atom. The van der Waals surface area contributed by atoms with Crippen LogP contribution in [0.5, 0.6) is 0 Å². The minimum Gasteiger partial charge on any atom is -0.393 e. The summed E-state index contributed by atoms with van der Waals surface area (Å²) in [5.74, 6) is -0.0212. The van der Waals surface area contributed by atoms with Gasteiger partial charge in [-0.05, 0) is 38.0 Å². The number of carbonyl (C=O) groups excluding carboxylic acids is 2. The molecule has 0 bridgehead atoms. The Hall–Kier alpha value is -1.84. The number of rotatable bonds is 8. The molecule has 1 aliphatic rings. The Labute approximate surface area is 186 Å². The molecule has 1 aromatic heterocycles. The molecule has 0 radical (unpaired) electrons. The van der Waals surface area contributed by atoms with E-state index in [1.807, 2.05) is 34.6 Å². The van der Waals surface area contributed by atoms with Crippen molar-refractivity contribution in [2.24, 2.45) is 17.1 Å². The minimum atomic E-state index is -0.345. The maximum absolute atomic E-state index is 11.9. The van der Waals surface area contributed by atoms with Gasteiger partial charge < -0.3 is 20.9 Å². The number of hydrogen-bond acceptors (Lipinski definition) is 7. The lowest BCUT2D eigenvalue weighted by atomic mass is 9.84. The van der Waals surface area contributed by atoms with Crippen molar-refractivity contribution in [1.82, 2.24) is 20.3 Å². The minimum absolute atomic E-state index is 0.00231. The van der Waals surface area contributed by atoms with Gasteiger partial charge in [-0.25, -0.2) is 4.68 Å². The van der Waals surface area contributed by atoms with E-state index in [0.29, 0.717) is 18.5 Å². The first-order valence-corrected chi connectivity index (χ1v) is 11.1. The van der Waals surface area contributed by atoms with Gasteiger partial charge in [-0.2, -0.15) is 0 Å². The number of nitrogens with zero attached hydrogens (tertiary/aromatic N) is 3. The van der Waals surface area contributed by atoms with Crippen molar-refractivity contribution < 1.29 is 19.4 Å². The van der Waals surface area contributed by atoms with Crippen LogP contribution in [0.15, 0.2) is 6.20 Å². The van der Waals surface area contributed by atoms with E-state index in [9.17, 15) is 14.7 Å². The Morgan fingerprint density at radius 3 is 2.52 bits per heavy atom. The van der Waals surface area contributed by atoms with Crippen molar-refractivity contribution >= 4 is 11.7 Å². The molecule has 5 unspecified atom stereocenters. The molecule has 1 aliphatic heterocycles. The topological polar surface area (TPSA) is 132 Å². The van der Waals surface area contributed by atoms with Crippen molar-refractivity contribution in [2.75, 3.05) is 13.7 Å². The lowest BCUT2D eigenvalue weighted by molar-refractivity contribution is -0.125. The second-order valence-corrected chi connectivity index (χ2v) is 9.39. The number of nitrogens with two attached hydrogens (primary N) is 1. The highest BCUT2D eigenvalue weighted by Gasteiger charge is 2.33. The predicted octanol–water partition coefficient (Wildman–Crippen LogP) is 2.16. The maximum atomic E-state index is 11.9. The quantitative estimate of drug-likeness (QED) is 0.565. The van der Waals surface area contributed by atoms with Gasteiger partial charge in [0.1, 0.15) is 11.7 Å². The molecule has 31 heavy (non-hydrogen) atoms. The summed E-state index contributed by atoms with van der Waals surface area (Å²) in [7, 11) is 1.61. The van der Waals surface area contributed by atoms with Crippen molar-refractivity contribution in [3.8, 4) is 0 Å². The van der Waals surface area contributed by atoms with Crippen LogP contribution in [0.1, 0.15) is 85.0 Å². The van der Waals surface area contributed by atoms with E-state index < -0.39 is 0 Å². The molecule has 178 valence electrons. The standard InChI is InChI=1S/C14H24N4O2.C8H17NO2/c1-9(19)13(14(2,3)4)18-8-10(16-17-18)12(15)11-6-5-7-20-11;1-4-7(10)5-6(2)8(11)9-3/h8,11-13H,5-7,15H2,1-4H3;6-7,10H,4-5H2,1-3H3,(H,9,11). The molecular formula is C22H41N5O4. The summed E-state index contributed by atoms with van der Waals surface area (Å²) in [5, 5.41) is 20.0. The number of carbonyl (C=O) groups is 2. The molecule has 0 aliphatic carbocycles. The molecule has 0 aromatic carbocycles. The molecule has 0 saturated carbocycles. The van der Waals surface area contributed by atoms with Crippen molar-refractivity contribution in [1.29, 1.82) is 0 Å². The van der Waals surface area contributed by atoms with Crippen LogP contribution in [0.3, 0.4) is 0 Å². The fraction of sp³-hybridized carbons (Fsp3) is 0.818. The van der Waals surface area contributed by atoms with Gasteiger partial charge in [-0.15, -0.1) is 5.10 Å². The third-order valence-corrected chi connectivity index (χ3v) is 5.50. The van der Waals surface area contributed by atoms with Crippen LogP contribution < -0.4 is 11.1 Å². The van der Waals surface area contributed by atoms with Gasteiger partial charge in [-0.1, -0.05) is 39.8 Å². The summed E-state index contributed by atoms with van der Waals surface area (Å²) < 4.78 is 7.22. The van der Waals surface area contributed by atoms with E-state index in [4.69, 9.17) is 10.5 Å². The molecule has 1 amide bonds. The third kappa shape index (κ3) is 8.31. The molecule has 9 heteroatoms. The monoisotopic (exact) mass is 439 g/mol. The van der Waals surface area contributed by atoms with E-state index in [-0.39, 0.29) is 47.3 Å². The van der Waals surface area contributed by atoms with Gasteiger partial charge >= 0.3 is 0 Å². The molecule has 1 aromatic rings. The molecular weight excluding hydrogens is 398 g/mol. The van der Waals surface area contributed by atoms with E-state index in [2.05, 4.69) is 15.6 Å². The Morgan fingerprint density at radius 2 is 2.06 bits per heavy atom. The normalized spacial score (nSPS) is 20.2. The summed E-state index contributed by atoms with van der Waals surface area (Å²) in [6.45, 7) is 12.1. The zero-order valence-electron chi connectivity index (χ0n) is 20.1. The zero-order valence-corrected chi connectivity index (χ0v) is 20.1. The van der Waals surface area contributed by atoms with Gasteiger partial charge in [0, 0.05) is 19.6 Å². The average molecular weight is 440 g/mol. The van der Waals surface area contributed by atoms with E-state index in [1.54, 1.807) is 24.9 Å². The fourth-order valence-electron chi connectivity index (χ4n) is 3.77. The number of aromatic nitrogens is 3. The maximum Gasteiger partial charge on any atom is 0.222 e. The molecule has 0 spiro atoms. The summed E-state index contributed by atoms with van der Waals surface area (Å²) in [6, 6.07) is -0.612. The number of nitrogens with one attached hydrogen (secondary N) is 1. The Balaban J connectivity index is 0.000000373. The number of ketones is 1. The number of amides is 1. The first-order chi connectivity index (χ1) is 14.4. The van der Waals surface area contributed by atoms with E-state index >= 15 is 0 Å². The largest absolute Gasteiger partial charge is 0.393 e. The molecule has 9 nitrogen and oxygen atoms in total. The molecule has 4 N–H and O–H groups in total. The number of Topliss-reactive ketones (excluding diaryl/α,β-unsaturated/α-hetero) is 1. The molecule has 1 fully saturated rings. The summed E-state index contributed by atoms with van der Waals surface area (Å²) in [5.41, 5.74) is 6.64. The molecule has 2 rings (SSSR count). The van der Waals surface area contributed by atoms with Crippen molar-refractivity contribution in [3.63, 3.8) is 0 Å². The summed E-state index contributed by atoms with van der Waals surface area (Å²) in [6.07, 6.45) is 4.68. The third-order valence-electron chi connectivity index (χ3n) is 5.50. The first kappa shape index (κ1) is 27.2.